The zero-order valence-electron chi connectivity index (χ0n) is 16.6. The summed E-state index contributed by atoms with van der Waals surface area (Å²) in [7, 11) is 1.29. The fraction of sp³-hybridized carbons (Fsp3) is 0.682. The van der Waals surface area contributed by atoms with Crippen molar-refractivity contribution in [1.29, 1.82) is 0 Å². The first-order chi connectivity index (χ1) is 12.7. The lowest BCUT2D eigenvalue weighted by molar-refractivity contribution is 0.0597. The van der Waals surface area contributed by atoms with Crippen LogP contribution in [0.1, 0.15) is 94.3 Å². The number of phenols is 1. The highest BCUT2D eigenvalue weighted by Crippen LogP contribution is 2.24. The first-order valence-corrected chi connectivity index (χ1v) is 10.2. The Hall–Kier alpha value is -1.71. The fourth-order valence-corrected chi connectivity index (χ4v) is 3.01. The molecule has 26 heavy (non-hydrogen) atoms. The van der Waals surface area contributed by atoms with E-state index in [1.807, 2.05) is 0 Å². The Kier molecular flexibility index (Phi) is 12.4. The Labute approximate surface area is 158 Å². The maximum absolute atomic E-state index is 11.5. The molecule has 0 atom stereocenters. The summed E-state index contributed by atoms with van der Waals surface area (Å²) in [6.45, 7) is 2.89. The summed E-state index contributed by atoms with van der Waals surface area (Å²) in [5.41, 5.74) is 0.139. The third-order valence-corrected chi connectivity index (χ3v) is 4.64. The van der Waals surface area contributed by atoms with Gasteiger partial charge in [0.05, 0.1) is 13.7 Å². The Morgan fingerprint density at radius 2 is 1.42 bits per heavy atom. The van der Waals surface area contributed by atoms with Gasteiger partial charge in [0.1, 0.15) is 17.1 Å². The second-order valence-electron chi connectivity index (χ2n) is 6.91. The van der Waals surface area contributed by atoms with Gasteiger partial charge in [-0.05, 0) is 24.6 Å². The molecule has 0 bridgehead atoms. The van der Waals surface area contributed by atoms with E-state index in [0.717, 1.165) is 6.42 Å². The summed E-state index contributed by atoms with van der Waals surface area (Å²) in [5.74, 6) is -0.0563. The Morgan fingerprint density at radius 1 is 0.885 bits per heavy atom. The normalized spacial score (nSPS) is 10.7. The molecule has 0 aromatic heterocycles. The van der Waals surface area contributed by atoms with Crippen LogP contribution < -0.4 is 4.74 Å². The van der Waals surface area contributed by atoms with E-state index in [2.05, 4.69) is 11.7 Å². The maximum Gasteiger partial charge on any atom is 0.341 e. The van der Waals surface area contributed by atoms with Crippen LogP contribution in [-0.4, -0.2) is 24.8 Å². The van der Waals surface area contributed by atoms with Crippen molar-refractivity contribution in [3.8, 4) is 11.5 Å². The number of hydrogen-bond acceptors (Lipinski definition) is 4. The second kappa shape index (κ2) is 14.5. The number of phenolic OH excluding ortho intramolecular Hbond substituents is 1. The number of rotatable bonds is 15. The minimum Gasteiger partial charge on any atom is -0.507 e. The Bertz CT molecular complexity index is 499. The molecule has 4 nitrogen and oxygen atoms in total. The summed E-state index contributed by atoms with van der Waals surface area (Å²) >= 11 is 0. The molecule has 0 unspecified atom stereocenters. The number of methoxy groups -OCH3 is 1. The molecule has 0 fully saturated rings. The Balaban J connectivity index is 2.02. The maximum atomic E-state index is 11.5. The van der Waals surface area contributed by atoms with Gasteiger partial charge in [-0.15, -0.1) is 0 Å². The van der Waals surface area contributed by atoms with Crippen LogP contribution in [0.3, 0.4) is 0 Å². The minimum atomic E-state index is -0.557. The third-order valence-electron chi connectivity index (χ3n) is 4.64. The zero-order valence-corrected chi connectivity index (χ0v) is 16.6. The minimum absolute atomic E-state index is 0.0884. The highest BCUT2D eigenvalue weighted by molar-refractivity contribution is 5.92. The van der Waals surface area contributed by atoms with Gasteiger partial charge in [0.15, 0.2) is 0 Å². The highest BCUT2D eigenvalue weighted by Gasteiger charge is 2.12. The van der Waals surface area contributed by atoms with Crippen LogP contribution >= 0.6 is 0 Å². The molecule has 0 aliphatic heterocycles. The monoisotopic (exact) mass is 364 g/mol. The smallest absolute Gasteiger partial charge is 0.341 e. The van der Waals surface area contributed by atoms with Crippen LogP contribution in [0.5, 0.6) is 11.5 Å². The van der Waals surface area contributed by atoms with Crippen molar-refractivity contribution in [2.45, 2.75) is 84.0 Å². The lowest BCUT2D eigenvalue weighted by atomic mass is 10.1. The number of carbonyl (C=O) groups excluding carboxylic acids is 1. The largest absolute Gasteiger partial charge is 0.507 e. The molecule has 0 saturated carbocycles. The van der Waals surface area contributed by atoms with Crippen molar-refractivity contribution in [1.82, 2.24) is 0 Å². The molecular weight excluding hydrogens is 328 g/mol. The predicted octanol–water partition coefficient (Wildman–Crippen LogP) is 6.26. The SMILES string of the molecule is CCCCCCCCCCCCCCOc1ccc(O)c(C(=O)OC)c1. The van der Waals surface area contributed by atoms with E-state index in [0.29, 0.717) is 12.4 Å². The number of hydrogen-bond donors (Lipinski definition) is 1. The van der Waals surface area contributed by atoms with E-state index in [1.165, 1.54) is 89.9 Å². The lowest BCUT2D eigenvalue weighted by Gasteiger charge is -2.09. The molecule has 1 N–H and O–H groups in total. The van der Waals surface area contributed by atoms with Crippen molar-refractivity contribution < 1.29 is 19.4 Å². The first-order valence-electron chi connectivity index (χ1n) is 10.2. The number of unbranched alkanes of at least 4 members (excludes halogenated alkanes) is 11. The standard InChI is InChI=1S/C22H36O4/c1-3-4-5-6-7-8-9-10-11-12-13-14-17-26-19-15-16-21(23)20(18-19)22(24)25-2/h15-16,18,23H,3-14,17H2,1-2H3. The van der Waals surface area contributed by atoms with Gasteiger partial charge in [0.25, 0.3) is 0 Å². The van der Waals surface area contributed by atoms with Crippen molar-refractivity contribution in [2.24, 2.45) is 0 Å². The van der Waals surface area contributed by atoms with Gasteiger partial charge in [-0.1, -0.05) is 77.6 Å². The summed E-state index contributed by atoms with van der Waals surface area (Å²) in [4.78, 5) is 11.5. The van der Waals surface area contributed by atoms with Gasteiger partial charge in [-0.25, -0.2) is 4.79 Å². The molecule has 1 aromatic rings. The van der Waals surface area contributed by atoms with Crippen molar-refractivity contribution in [2.75, 3.05) is 13.7 Å². The number of ether oxygens (including phenoxy) is 2. The Morgan fingerprint density at radius 3 is 1.96 bits per heavy atom. The van der Waals surface area contributed by atoms with E-state index >= 15 is 0 Å². The average Bonchev–Trinajstić information content (AvgIpc) is 2.66. The number of aromatic hydroxyl groups is 1. The summed E-state index contributed by atoms with van der Waals surface area (Å²) in [5, 5.41) is 9.66. The second-order valence-corrected chi connectivity index (χ2v) is 6.91. The van der Waals surface area contributed by atoms with Crippen LogP contribution in [-0.2, 0) is 4.74 Å². The predicted molar refractivity (Wildman–Crippen MR) is 106 cm³/mol. The van der Waals surface area contributed by atoms with Gasteiger partial charge >= 0.3 is 5.97 Å². The van der Waals surface area contributed by atoms with Gasteiger partial charge in [0.2, 0.25) is 0 Å². The van der Waals surface area contributed by atoms with Gasteiger partial charge in [0, 0.05) is 0 Å². The molecule has 0 amide bonds. The molecule has 0 heterocycles. The van der Waals surface area contributed by atoms with E-state index in [4.69, 9.17) is 4.74 Å². The number of carbonyl (C=O) groups is 1. The van der Waals surface area contributed by atoms with Crippen LogP contribution in [0.15, 0.2) is 18.2 Å². The van der Waals surface area contributed by atoms with Crippen molar-refractivity contribution in [3.63, 3.8) is 0 Å². The third kappa shape index (κ3) is 9.69. The van der Waals surface area contributed by atoms with Gasteiger partial charge in [-0.3, -0.25) is 0 Å². The highest BCUT2D eigenvalue weighted by atomic mass is 16.5. The number of benzene rings is 1. The van der Waals surface area contributed by atoms with Crippen molar-refractivity contribution in [3.05, 3.63) is 23.8 Å². The average molecular weight is 365 g/mol. The van der Waals surface area contributed by atoms with E-state index in [-0.39, 0.29) is 11.3 Å². The first kappa shape index (κ1) is 22.3. The van der Waals surface area contributed by atoms with Crippen LogP contribution in [0, 0.1) is 0 Å². The van der Waals surface area contributed by atoms with Crippen LogP contribution in [0.4, 0.5) is 0 Å². The molecule has 0 aliphatic rings. The molecule has 0 spiro atoms. The molecular formula is C22H36O4. The molecule has 4 heteroatoms. The van der Waals surface area contributed by atoms with Crippen molar-refractivity contribution >= 4 is 5.97 Å². The van der Waals surface area contributed by atoms with Crippen LogP contribution in [0.25, 0.3) is 0 Å². The van der Waals surface area contributed by atoms with Gasteiger partial charge < -0.3 is 14.6 Å². The quantitative estimate of drug-likeness (QED) is 0.295. The summed E-state index contributed by atoms with van der Waals surface area (Å²) < 4.78 is 10.3. The molecule has 1 aromatic carbocycles. The summed E-state index contributed by atoms with van der Waals surface area (Å²) in [6, 6.07) is 4.66. The molecule has 0 aliphatic carbocycles. The van der Waals surface area contributed by atoms with E-state index in [1.54, 1.807) is 6.07 Å². The molecule has 148 valence electrons. The van der Waals surface area contributed by atoms with Crippen LogP contribution in [0.2, 0.25) is 0 Å². The topological polar surface area (TPSA) is 55.8 Å². The van der Waals surface area contributed by atoms with E-state index < -0.39 is 5.97 Å². The molecule has 0 saturated heterocycles. The number of esters is 1. The fourth-order valence-electron chi connectivity index (χ4n) is 3.01. The van der Waals surface area contributed by atoms with E-state index in [9.17, 15) is 9.90 Å². The molecule has 1 rings (SSSR count). The zero-order chi connectivity index (χ0) is 19.0. The lowest BCUT2D eigenvalue weighted by Crippen LogP contribution is -2.03. The van der Waals surface area contributed by atoms with Gasteiger partial charge in [-0.2, -0.15) is 0 Å². The summed E-state index contributed by atoms with van der Waals surface area (Å²) in [6.07, 6.45) is 15.7. The molecule has 0 radical (unpaired) electrons.